The van der Waals surface area contributed by atoms with Gasteiger partial charge in [-0.3, -0.25) is 9.69 Å². The van der Waals surface area contributed by atoms with Crippen molar-refractivity contribution < 1.29 is 4.79 Å². The summed E-state index contributed by atoms with van der Waals surface area (Å²) in [5.41, 5.74) is 1.12. The predicted molar refractivity (Wildman–Crippen MR) is 65.4 cm³/mol. The normalized spacial score (nSPS) is 15.4. The van der Waals surface area contributed by atoms with Crippen LogP contribution in [0.2, 0.25) is 0 Å². The zero-order chi connectivity index (χ0) is 11.4. The number of likely N-dealkylation sites (N-methyl/N-ethyl adjacent to an activating group) is 1. The van der Waals surface area contributed by atoms with Gasteiger partial charge >= 0.3 is 0 Å². The molecule has 0 unspecified atom stereocenters. The van der Waals surface area contributed by atoms with Crippen LogP contribution in [0, 0.1) is 5.92 Å². The molecule has 1 aromatic carbocycles. The fourth-order valence-electron chi connectivity index (χ4n) is 1.99. The monoisotopic (exact) mass is 217 g/mol. The third-order valence-corrected chi connectivity index (χ3v) is 2.96. The zero-order valence-corrected chi connectivity index (χ0v) is 9.86. The van der Waals surface area contributed by atoms with Gasteiger partial charge in [0.1, 0.15) is 0 Å². The van der Waals surface area contributed by atoms with E-state index < -0.39 is 0 Å². The first-order valence-corrected chi connectivity index (χ1v) is 5.98. The van der Waals surface area contributed by atoms with E-state index in [2.05, 4.69) is 4.90 Å². The average Bonchev–Trinajstić information content (AvgIpc) is 3.02. The second-order valence-corrected chi connectivity index (χ2v) is 4.84. The molecule has 0 aromatic heterocycles. The first kappa shape index (κ1) is 11.3. The van der Waals surface area contributed by atoms with Crippen molar-refractivity contribution in [3.05, 3.63) is 35.9 Å². The van der Waals surface area contributed by atoms with Crippen LogP contribution in [0.3, 0.4) is 0 Å². The highest BCUT2D eigenvalue weighted by molar-refractivity contribution is 5.82. The number of hydrogen-bond donors (Lipinski definition) is 0. The lowest BCUT2D eigenvalue weighted by Crippen LogP contribution is -2.28. The number of carbonyl (C=O) groups excluding carboxylic acids is 1. The van der Waals surface area contributed by atoms with Gasteiger partial charge < -0.3 is 0 Å². The highest BCUT2D eigenvalue weighted by Gasteiger charge is 2.23. The molecular formula is C14H19NO. The molecule has 0 bridgehead atoms. The van der Waals surface area contributed by atoms with Gasteiger partial charge in [-0.25, -0.2) is 0 Å². The molecule has 1 aromatic rings. The van der Waals surface area contributed by atoms with E-state index in [-0.39, 0.29) is 0 Å². The molecule has 0 saturated heterocycles. The van der Waals surface area contributed by atoms with Crippen LogP contribution >= 0.6 is 0 Å². The molecule has 0 spiro atoms. The van der Waals surface area contributed by atoms with E-state index >= 15 is 0 Å². The second kappa shape index (κ2) is 5.26. The lowest BCUT2D eigenvalue weighted by atomic mass is 10.1. The fraction of sp³-hybridized carbons (Fsp3) is 0.500. The fourth-order valence-corrected chi connectivity index (χ4v) is 1.99. The van der Waals surface area contributed by atoms with Crippen molar-refractivity contribution in [3.63, 3.8) is 0 Å². The molecule has 2 rings (SSSR count). The molecular weight excluding hydrogens is 198 g/mol. The second-order valence-electron chi connectivity index (χ2n) is 4.84. The molecule has 0 atom stereocenters. The van der Waals surface area contributed by atoms with Gasteiger partial charge in [0.05, 0.1) is 6.54 Å². The van der Waals surface area contributed by atoms with E-state index in [1.165, 1.54) is 12.8 Å². The van der Waals surface area contributed by atoms with E-state index in [4.69, 9.17) is 0 Å². The number of nitrogens with zero attached hydrogens (tertiary/aromatic N) is 1. The molecule has 0 radical (unpaired) electrons. The molecule has 0 aliphatic heterocycles. The molecule has 1 saturated carbocycles. The van der Waals surface area contributed by atoms with E-state index in [1.807, 2.05) is 37.4 Å². The summed E-state index contributed by atoms with van der Waals surface area (Å²) in [6, 6.07) is 9.97. The van der Waals surface area contributed by atoms with Gasteiger partial charge in [-0.2, -0.15) is 0 Å². The molecule has 1 aliphatic carbocycles. The van der Waals surface area contributed by atoms with Crippen molar-refractivity contribution in [2.45, 2.75) is 19.3 Å². The third kappa shape index (κ3) is 3.78. The Kier molecular flexibility index (Phi) is 3.73. The Balaban J connectivity index is 1.75. The average molecular weight is 217 g/mol. The minimum absolute atomic E-state index is 0.314. The maximum atomic E-state index is 11.8. The van der Waals surface area contributed by atoms with Gasteiger partial charge in [0.25, 0.3) is 0 Å². The van der Waals surface area contributed by atoms with Crippen LogP contribution in [-0.4, -0.2) is 30.8 Å². The van der Waals surface area contributed by atoms with Crippen molar-refractivity contribution in [2.75, 3.05) is 20.1 Å². The smallest absolute Gasteiger partial charge is 0.151 e. The number of benzene rings is 1. The van der Waals surface area contributed by atoms with Crippen molar-refractivity contribution in [1.29, 1.82) is 0 Å². The first-order chi connectivity index (χ1) is 7.74. The van der Waals surface area contributed by atoms with E-state index in [9.17, 15) is 4.79 Å². The van der Waals surface area contributed by atoms with Crippen LogP contribution in [0.25, 0.3) is 0 Å². The van der Waals surface area contributed by atoms with Crippen molar-refractivity contribution in [3.8, 4) is 0 Å². The summed E-state index contributed by atoms with van der Waals surface area (Å²) in [4.78, 5) is 13.9. The number of carbonyl (C=O) groups is 1. The molecule has 86 valence electrons. The summed E-state index contributed by atoms with van der Waals surface area (Å²) >= 11 is 0. The van der Waals surface area contributed by atoms with Gasteiger partial charge in [0.2, 0.25) is 0 Å². The van der Waals surface area contributed by atoms with Crippen molar-refractivity contribution >= 4 is 5.78 Å². The van der Waals surface area contributed by atoms with E-state index in [1.54, 1.807) is 0 Å². The highest BCUT2D eigenvalue weighted by Crippen LogP contribution is 2.29. The maximum Gasteiger partial charge on any atom is 0.151 e. The number of hydrogen-bond acceptors (Lipinski definition) is 2. The molecule has 1 aliphatic rings. The Labute approximate surface area is 97.3 Å². The first-order valence-electron chi connectivity index (χ1n) is 5.98. The number of ketones is 1. The zero-order valence-electron chi connectivity index (χ0n) is 9.86. The number of Topliss-reactive ketones (excluding diaryl/α,β-unsaturated/α-hetero) is 1. The van der Waals surface area contributed by atoms with Crippen LogP contribution < -0.4 is 0 Å². The molecule has 1 fully saturated rings. The SMILES string of the molecule is CN(CC(=O)Cc1ccccc1)CC1CC1. The lowest BCUT2D eigenvalue weighted by Gasteiger charge is -2.14. The quantitative estimate of drug-likeness (QED) is 0.727. The topological polar surface area (TPSA) is 20.3 Å². The Hall–Kier alpha value is -1.15. The van der Waals surface area contributed by atoms with Crippen LogP contribution in [0.15, 0.2) is 30.3 Å². The summed E-state index contributed by atoms with van der Waals surface area (Å²) in [6.45, 7) is 1.67. The van der Waals surface area contributed by atoms with Crippen molar-refractivity contribution in [2.24, 2.45) is 5.92 Å². The maximum absolute atomic E-state index is 11.8. The largest absolute Gasteiger partial charge is 0.299 e. The van der Waals surface area contributed by atoms with Crippen LogP contribution in [0.1, 0.15) is 18.4 Å². The van der Waals surface area contributed by atoms with Crippen LogP contribution in [0.4, 0.5) is 0 Å². The Morgan fingerprint density at radius 3 is 2.62 bits per heavy atom. The molecule has 16 heavy (non-hydrogen) atoms. The van der Waals surface area contributed by atoms with Crippen molar-refractivity contribution in [1.82, 2.24) is 4.90 Å². The van der Waals surface area contributed by atoms with E-state index in [0.717, 1.165) is 18.0 Å². The Morgan fingerprint density at radius 2 is 2.00 bits per heavy atom. The molecule has 2 heteroatoms. The Morgan fingerprint density at radius 1 is 1.31 bits per heavy atom. The van der Waals surface area contributed by atoms with Gasteiger partial charge in [-0.15, -0.1) is 0 Å². The minimum Gasteiger partial charge on any atom is -0.299 e. The summed E-state index contributed by atoms with van der Waals surface area (Å²) < 4.78 is 0. The molecule has 2 nitrogen and oxygen atoms in total. The van der Waals surface area contributed by atoms with Crippen LogP contribution in [0.5, 0.6) is 0 Å². The predicted octanol–water partition coefficient (Wildman–Crippen LogP) is 2.14. The molecule has 0 N–H and O–H groups in total. The number of rotatable bonds is 6. The summed E-state index contributed by atoms with van der Waals surface area (Å²) in [6.07, 6.45) is 3.25. The molecule has 0 amide bonds. The summed E-state index contributed by atoms with van der Waals surface area (Å²) in [5, 5.41) is 0. The standard InChI is InChI=1S/C14H19NO/c1-15(10-13-7-8-13)11-14(16)9-12-5-3-2-4-6-12/h2-6,13H,7-11H2,1H3. The van der Waals surface area contributed by atoms with E-state index in [0.29, 0.717) is 18.7 Å². The van der Waals surface area contributed by atoms with Gasteiger partial charge in [-0.1, -0.05) is 30.3 Å². The van der Waals surface area contributed by atoms with Gasteiger partial charge in [-0.05, 0) is 31.4 Å². The summed E-state index contributed by atoms with van der Waals surface area (Å²) in [5.74, 6) is 1.17. The lowest BCUT2D eigenvalue weighted by molar-refractivity contribution is -0.119. The van der Waals surface area contributed by atoms with Crippen LogP contribution in [-0.2, 0) is 11.2 Å². The highest BCUT2D eigenvalue weighted by atomic mass is 16.1. The Bertz CT molecular complexity index is 343. The van der Waals surface area contributed by atoms with Gasteiger partial charge in [0.15, 0.2) is 5.78 Å². The molecule has 0 heterocycles. The summed E-state index contributed by atoms with van der Waals surface area (Å²) in [7, 11) is 2.04. The third-order valence-electron chi connectivity index (χ3n) is 2.96. The van der Waals surface area contributed by atoms with Gasteiger partial charge in [0, 0.05) is 13.0 Å². The minimum atomic E-state index is 0.314.